The largest absolute Gasteiger partial charge is 0.478 e. The molecule has 1 rings (SSSR count). The number of carbonyl (C=O) groups is 1. The molecule has 88 valence electrons. The lowest BCUT2D eigenvalue weighted by atomic mass is 10.2. The van der Waals surface area contributed by atoms with E-state index in [1.807, 2.05) is 19.0 Å². The third-order valence-electron chi connectivity index (χ3n) is 2.06. The first-order valence-electron chi connectivity index (χ1n) is 4.91. The number of nitrogens with zero attached hydrogens (tertiary/aromatic N) is 1. The van der Waals surface area contributed by atoms with E-state index in [0.717, 1.165) is 12.3 Å². The van der Waals surface area contributed by atoms with Gasteiger partial charge >= 0.3 is 5.97 Å². The topological polar surface area (TPSA) is 66.6 Å². The molecule has 0 aromatic heterocycles. The second-order valence-corrected chi connectivity index (χ2v) is 4.79. The first-order valence-corrected chi connectivity index (χ1v) is 5.90. The number of aromatic carboxylic acids is 1. The third-order valence-corrected chi connectivity index (χ3v) is 3.19. The van der Waals surface area contributed by atoms with Crippen LogP contribution in [-0.2, 0) is 0 Å². The van der Waals surface area contributed by atoms with Gasteiger partial charge in [-0.25, -0.2) is 4.79 Å². The molecule has 0 heterocycles. The molecule has 3 N–H and O–H groups in total. The Labute approximate surface area is 99.4 Å². The summed E-state index contributed by atoms with van der Waals surface area (Å²) >= 11 is 1.48. The Hall–Kier alpha value is -1.20. The Balaban J connectivity index is 2.80. The van der Waals surface area contributed by atoms with Gasteiger partial charge in [0.05, 0.1) is 5.56 Å². The molecule has 0 bridgehead atoms. The smallest absolute Gasteiger partial charge is 0.336 e. The molecular formula is C11H16N2O2S. The summed E-state index contributed by atoms with van der Waals surface area (Å²) in [6.07, 6.45) is 0. The number of hydrogen-bond donors (Lipinski definition) is 2. The quantitative estimate of drug-likeness (QED) is 0.604. The molecule has 0 aliphatic carbocycles. The minimum atomic E-state index is -0.931. The summed E-state index contributed by atoms with van der Waals surface area (Å²) in [7, 11) is 3.96. The number of carboxylic acid groups (broad SMARTS) is 1. The zero-order valence-electron chi connectivity index (χ0n) is 9.43. The van der Waals surface area contributed by atoms with Gasteiger partial charge in [-0.15, -0.1) is 11.8 Å². The van der Waals surface area contributed by atoms with Crippen LogP contribution in [-0.4, -0.2) is 42.4 Å². The summed E-state index contributed by atoms with van der Waals surface area (Å²) in [6.45, 7) is 0.887. The molecule has 4 nitrogen and oxygen atoms in total. The molecule has 0 aliphatic heterocycles. The van der Waals surface area contributed by atoms with Crippen molar-refractivity contribution in [2.45, 2.75) is 4.90 Å². The lowest BCUT2D eigenvalue weighted by Gasteiger charge is -2.11. The van der Waals surface area contributed by atoms with Gasteiger partial charge < -0.3 is 15.7 Å². The van der Waals surface area contributed by atoms with Gasteiger partial charge in [-0.05, 0) is 26.2 Å². The molecule has 0 fully saturated rings. The SMILES string of the molecule is CN(C)CCSc1c(N)cccc1C(=O)O. The Kier molecular flexibility index (Phi) is 4.64. The van der Waals surface area contributed by atoms with E-state index in [9.17, 15) is 4.79 Å². The fourth-order valence-electron chi connectivity index (χ4n) is 1.21. The van der Waals surface area contributed by atoms with E-state index >= 15 is 0 Å². The van der Waals surface area contributed by atoms with Gasteiger partial charge in [-0.3, -0.25) is 0 Å². The maximum atomic E-state index is 11.0. The van der Waals surface area contributed by atoms with Crippen LogP contribution in [0.1, 0.15) is 10.4 Å². The molecule has 1 aromatic rings. The van der Waals surface area contributed by atoms with Crippen molar-refractivity contribution in [3.05, 3.63) is 23.8 Å². The average molecular weight is 240 g/mol. The van der Waals surface area contributed by atoms with Crippen LogP contribution in [0.2, 0.25) is 0 Å². The fourth-order valence-corrected chi connectivity index (χ4v) is 2.42. The maximum Gasteiger partial charge on any atom is 0.336 e. The molecule has 0 saturated carbocycles. The predicted octanol–water partition coefficient (Wildman–Crippen LogP) is 1.62. The second kappa shape index (κ2) is 5.77. The molecule has 1 aromatic carbocycles. The van der Waals surface area contributed by atoms with Crippen LogP contribution in [0.25, 0.3) is 0 Å². The van der Waals surface area contributed by atoms with E-state index in [-0.39, 0.29) is 5.56 Å². The van der Waals surface area contributed by atoms with Crippen LogP contribution in [0.3, 0.4) is 0 Å². The standard InChI is InChI=1S/C11H16N2O2S/c1-13(2)6-7-16-10-8(11(14)15)4-3-5-9(10)12/h3-5H,6-7,12H2,1-2H3,(H,14,15). The monoisotopic (exact) mass is 240 g/mol. The van der Waals surface area contributed by atoms with Crippen molar-refractivity contribution >= 4 is 23.4 Å². The average Bonchev–Trinajstić information content (AvgIpc) is 2.19. The van der Waals surface area contributed by atoms with Crippen molar-refractivity contribution in [1.82, 2.24) is 4.90 Å². The van der Waals surface area contributed by atoms with Crippen molar-refractivity contribution < 1.29 is 9.90 Å². The van der Waals surface area contributed by atoms with Crippen LogP contribution in [0.5, 0.6) is 0 Å². The number of rotatable bonds is 5. The highest BCUT2D eigenvalue weighted by Gasteiger charge is 2.12. The normalized spacial score (nSPS) is 10.7. The van der Waals surface area contributed by atoms with E-state index in [4.69, 9.17) is 10.8 Å². The number of thioether (sulfide) groups is 1. The first kappa shape index (κ1) is 12.9. The number of hydrogen-bond acceptors (Lipinski definition) is 4. The van der Waals surface area contributed by atoms with Gasteiger partial charge in [0.25, 0.3) is 0 Å². The number of anilines is 1. The van der Waals surface area contributed by atoms with Crippen LogP contribution in [0.15, 0.2) is 23.1 Å². The van der Waals surface area contributed by atoms with E-state index in [0.29, 0.717) is 10.6 Å². The number of nitrogen functional groups attached to an aromatic ring is 1. The van der Waals surface area contributed by atoms with Crippen LogP contribution < -0.4 is 5.73 Å². The summed E-state index contributed by atoms with van der Waals surface area (Å²) in [5, 5.41) is 9.02. The van der Waals surface area contributed by atoms with Crippen molar-refractivity contribution in [2.24, 2.45) is 0 Å². The van der Waals surface area contributed by atoms with Gasteiger partial charge in [0.2, 0.25) is 0 Å². The van der Waals surface area contributed by atoms with Crippen molar-refractivity contribution in [2.75, 3.05) is 32.1 Å². The van der Waals surface area contributed by atoms with Crippen molar-refractivity contribution in [1.29, 1.82) is 0 Å². The van der Waals surface area contributed by atoms with Gasteiger partial charge in [0.1, 0.15) is 0 Å². The third kappa shape index (κ3) is 3.43. The minimum absolute atomic E-state index is 0.281. The number of nitrogens with two attached hydrogens (primary N) is 1. The number of benzene rings is 1. The van der Waals surface area contributed by atoms with Crippen LogP contribution in [0.4, 0.5) is 5.69 Å². The highest BCUT2D eigenvalue weighted by Crippen LogP contribution is 2.28. The molecule has 0 atom stereocenters. The lowest BCUT2D eigenvalue weighted by Crippen LogP contribution is -2.15. The maximum absolute atomic E-state index is 11.0. The molecule has 0 spiro atoms. The molecule has 0 aliphatic rings. The lowest BCUT2D eigenvalue weighted by molar-refractivity contribution is 0.0693. The molecule has 5 heteroatoms. The Morgan fingerprint density at radius 3 is 2.75 bits per heavy atom. The van der Waals surface area contributed by atoms with Crippen LogP contribution in [0, 0.1) is 0 Å². The fraction of sp³-hybridized carbons (Fsp3) is 0.364. The van der Waals surface area contributed by atoms with Gasteiger partial charge in [0.15, 0.2) is 0 Å². The van der Waals surface area contributed by atoms with E-state index in [1.165, 1.54) is 11.8 Å². The van der Waals surface area contributed by atoms with Crippen LogP contribution >= 0.6 is 11.8 Å². The summed E-state index contributed by atoms with van der Waals surface area (Å²) in [5.74, 6) is -0.110. The van der Waals surface area contributed by atoms with Gasteiger partial charge in [-0.2, -0.15) is 0 Å². The summed E-state index contributed by atoms with van der Waals surface area (Å²) in [6, 6.07) is 4.97. The van der Waals surface area contributed by atoms with E-state index < -0.39 is 5.97 Å². The molecule has 0 unspecified atom stereocenters. The second-order valence-electron chi connectivity index (χ2n) is 3.68. The molecule has 0 radical (unpaired) electrons. The highest BCUT2D eigenvalue weighted by molar-refractivity contribution is 7.99. The van der Waals surface area contributed by atoms with Gasteiger partial charge in [-0.1, -0.05) is 6.07 Å². The summed E-state index contributed by atoms with van der Waals surface area (Å²) in [4.78, 5) is 13.7. The molecule has 16 heavy (non-hydrogen) atoms. The zero-order chi connectivity index (χ0) is 12.1. The predicted molar refractivity (Wildman–Crippen MR) is 67.1 cm³/mol. The van der Waals surface area contributed by atoms with E-state index in [2.05, 4.69) is 0 Å². The van der Waals surface area contributed by atoms with Crippen molar-refractivity contribution in [3.8, 4) is 0 Å². The van der Waals surface area contributed by atoms with Gasteiger partial charge in [0, 0.05) is 22.9 Å². The summed E-state index contributed by atoms with van der Waals surface area (Å²) < 4.78 is 0. The Morgan fingerprint density at radius 2 is 2.19 bits per heavy atom. The molecule has 0 saturated heterocycles. The van der Waals surface area contributed by atoms with E-state index in [1.54, 1.807) is 18.2 Å². The zero-order valence-corrected chi connectivity index (χ0v) is 10.3. The summed E-state index contributed by atoms with van der Waals surface area (Å²) in [5.41, 5.74) is 6.59. The minimum Gasteiger partial charge on any atom is -0.478 e. The first-order chi connectivity index (χ1) is 7.52. The Bertz CT molecular complexity index is 380. The highest BCUT2D eigenvalue weighted by atomic mass is 32.2. The van der Waals surface area contributed by atoms with Crippen molar-refractivity contribution in [3.63, 3.8) is 0 Å². The number of carboxylic acids is 1. The molecular weight excluding hydrogens is 224 g/mol. The Morgan fingerprint density at radius 1 is 1.50 bits per heavy atom. The molecule has 0 amide bonds.